The lowest BCUT2D eigenvalue weighted by Gasteiger charge is -2.19. The summed E-state index contributed by atoms with van der Waals surface area (Å²) in [5.74, 6) is 0.651. The van der Waals surface area contributed by atoms with Crippen LogP contribution in [0.25, 0.3) is 0 Å². The average Bonchev–Trinajstić information content (AvgIpc) is 2.48. The lowest BCUT2D eigenvalue weighted by atomic mass is 10.1. The first-order valence-corrected chi connectivity index (χ1v) is 8.35. The molecule has 1 N–H and O–H groups in total. The number of benzene rings is 2. The van der Waals surface area contributed by atoms with Crippen molar-refractivity contribution in [3.8, 4) is 0 Å². The Hall–Kier alpha value is -1.03. The summed E-state index contributed by atoms with van der Waals surface area (Å²) in [6.45, 7) is 4.67. The van der Waals surface area contributed by atoms with Gasteiger partial charge in [0.2, 0.25) is 0 Å². The van der Waals surface area contributed by atoms with Crippen molar-refractivity contribution in [2.45, 2.75) is 24.8 Å². The van der Waals surface area contributed by atoms with E-state index in [1.165, 1.54) is 0 Å². The maximum Gasteiger partial charge on any atom is 0.126 e. The van der Waals surface area contributed by atoms with Gasteiger partial charge in [0.25, 0.3) is 0 Å². The van der Waals surface area contributed by atoms with Crippen LogP contribution in [0.2, 0.25) is 5.02 Å². The van der Waals surface area contributed by atoms with Gasteiger partial charge in [-0.15, -0.1) is 11.8 Å². The first-order chi connectivity index (χ1) is 10.1. The van der Waals surface area contributed by atoms with E-state index in [-0.39, 0.29) is 11.9 Å². The molecule has 0 radical (unpaired) electrons. The third kappa shape index (κ3) is 4.47. The molecule has 0 amide bonds. The summed E-state index contributed by atoms with van der Waals surface area (Å²) >= 11 is 7.86. The molecule has 4 heteroatoms. The number of hydrogen-bond donors (Lipinski definition) is 1. The molecule has 0 aromatic heterocycles. The third-order valence-corrected chi connectivity index (χ3v) is 4.90. The molecule has 0 spiro atoms. The van der Waals surface area contributed by atoms with Gasteiger partial charge in [0.15, 0.2) is 0 Å². The predicted molar refractivity (Wildman–Crippen MR) is 89.7 cm³/mol. The summed E-state index contributed by atoms with van der Waals surface area (Å²) in [6, 6.07) is 13.3. The summed E-state index contributed by atoms with van der Waals surface area (Å²) < 4.78 is 13.8. The van der Waals surface area contributed by atoms with E-state index < -0.39 is 0 Å². The van der Waals surface area contributed by atoms with Crippen molar-refractivity contribution in [2.24, 2.45) is 0 Å². The second kappa shape index (κ2) is 7.83. The van der Waals surface area contributed by atoms with Crippen LogP contribution in [0.5, 0.6) is 0 Å². The quantitative estimate of drug-likeness (QED) is 0.730. The Bertz CT molecular complexity index is 603. The number of hydrogen-bond acceptors (Lipinski definition) is 2. The molecule has 112 valence electrons. The van der Waals surface area contributed by atoms with Crippen molar-refractivity contribution in [3.63, 3.8) is 0 Å². The molecule has 21 heavy (non-hydrogen) atoms. The maximum absolute atomic E-state index is 13.8. The molecule has 1 atom stereocenters. The van der Waals surface area contributed by atoms with E-state index >= 15 is 0 Å². The first-order valence-electron chi connectivity index (χ1n) is 6.98. The Morgan fingerprint density at radius 3 is 2.67 bits per heavy atom. The van der Waals surface area contributed by atoms with Gasteiger partial charge in [-0.1, -0.05) is 42.8 Å². The SMILES string of the molecule is CCNC(CSc1ccccc1Cl)c1ccc(C)c(F)c1. The second-order valence-electron chi connectivity index (χ2n) is 4.86. The van der Waals surface area contributed by atoms with E-state index in [0.717, 1.165) is 27.8 Å². The minimum absolute atomic E-state index is 0.103. The maximum atomic E-state index is 13.8. The summed E-state index contributed by atoms with van der Waals surface area (Å²) in [4.78, 5) is 1.05. The van der Waals surface area contributed by atoms with Crippen molar-refractivity contribution in [3.05, 3.63) is 64.4 Å². The van der Waals surface area contributed by atoms with Crippen molar-refractivity contribution in [1.82, 2.24) is 5.32 Å². The van der Waals surface area contributed by atoms with Gasteiger partial charge in [-0.2, -0.15) is 0 Å². The highest BCUT2D eigenvalue weighted by Crippen LogP contribution is 2.30. The summed E-state index contributed by atoms with van der Waals surface area (Å²) in [5, 5.41) is 4.16. The highest BCUT2D eigenvalue weighted by Gasteiger charge is 2.13. The standard InChI is InChI=1S/C17H19ClFNS/c1-3-20-16(13-9-8-12(2)15(19)10-13)11-21-17-7-5-4-6-14(17)18/h4-10,16,20H,3,11H2,1-2H3. The summed E-state index contributed by atoms with van der Waals surface area (Å²) in [7, 11) is 0. The van der Waals surface area contributed by atoms with Crippen LogP contribution in [0.3, 0.4) is 0 Å². The number of halogens is 2. The van der Waals surface area contributed by atoms with Gasteiger partial charge >= 0.3 is 0 Å². The summed E-state index contributed by atoms with van der Waals surface area (Å²) in [6.07, 6.45) is 0. The molecule has 2 rings (SSSR count). The average molecular weight is 324 g/mol. The Morgan fingerprint density at radius 2 is 2.00 bits per heavy atom. The Morgan fingerprint density at radius 1 is 1.24 bits per heavy atom. The zero-order valence-electron chi connectivity index (χ0n) is 12.2. The number of nitrogens with one attached hydrogen (secondary N) is 1. The molecule has 0 fully saturated rings. The fourth-order valence-corrected chi connectivity index (χ4v) is 3.42. The van der Waals surface area contributed by atoms with Gasteiger partial charge in [-0.3, -0.25) is 0 Å². The second-order valence-corrected chi connectivity index (χ2v) is 6.33. The lowest BCUT2D eigenvalue weighted by Crippen LogP contribution is -2.23. The fraction of sp³-hybridized carbons (Fsp3) is 0.294. The summed E-state index contributed by atoms with van der Waals surface area (Å²) in [5.41, 5.74) is 1.65. The zero-order chi connectivity index (χ0) is 15.2. The van der Waals surface area contributed by atoms with Crippen LogP contribution in [-0.4, -0.2) is 12.3 Å². The van der Waals surface area contributed by atoms with E-state index in [1.54, 1.807) is 24.8 Å². The molecule has 1 unspecified atom stereocenters. The Balaban J connectivity index is 2.12. The van der Waals surface area contributed by atoms with Gasteiger partial charge in [-0.25, -0.2) is 4.39 Å². The minimum atomic E-state index is -0.154. The fourth-order valence-electron chi connectivity index (χ4n) is 2.08. The molecule has 0 heterocycles. The topological polar surface area (TPSA) is 12.0 Å². The van der Waals surface area contributed by atoms with Crippen molar-refractivity contribution in [1.29, 1.82) is 0 Å². The van der Waals surface area contributed by atoms with Crippen molar-refractivity contribution < 1.29 is 4.39 Å². The van der Waals surface area contributed by atoms with Gasteiger partial charge in [0.05, 0.1) is 5.02 Å². The Labute approximate surface area is 134 Å². The largest absolute Gasteiger partial charge is 0.309 e. The molecule has 0 aliphatic heterocycles. The molecular weight excluding hydrogens is 305 g/mol. The van der Waals surface area contributed by atoms with E-state index in [0.29, 0.717) is 5.56 Å². The molecule has 0 saturated carbocycles. The number of aryl methyl sites for hydroxylation is 1. The first kappa shape index (κ1) is 16.3. The zero-order valence-corrected chi connectivity index (χ0v) is 13.8. The molecular formula is C17H19ClFNS. The van der Waals surface area contributed by atoms with E-state index in [4.69, 9.17) is 11.6 Å². The predicted octanol–water partition coefficient (Wildman–Crippen LogP) is 5.23. The van der Waals surface area contributed by atoms with Crippen molar-refractivity contribution in [2.75, 3.05) is 12.3 Å². The van der Waals surface area contributed by atoms with E-state index in [1.807, 2.05) is 36.4 Å². The lowest BCUT2D eigenvalue weighted by molar-refractivity contribution is 0.585. The van der Waals surface area contributed by atoms with Crippen LogP contribution in [0.15, 0.2) is 47.4 Å². The van der Waals surface area contributed by atoms with E-state index in [2.05, 4.69) is 12.2 Å². The van der Waals surface area contributed by atoms with E-state index in [9.17, 15) is 4.39 Å². The molecule has 0 aliphatic rings. The van der Waals surface area contributed by atoms with Crippen LogP contribution in [0.4, 0.5) is 4.39 Å². The van der Waals surface area contributed by atoms with Crippen molar-refractivity contribution >= 4 is 23.4 Å². The molecule has 0 aliphatic carbocycles. The molecule has 0 bridgehead atoms. The molecule has 0 saturated heterocycles. The van der Waals surface area contributed by atoms with Crippen LogP contribution in [0, 0.1) is 12.7 Å². The highest BCUT2D eigenvalue weighted by atomic mass is 35.5. The molecule has 1 nitrogen and oxygen atoms in total. The molecule has 2 aromatic carbocycles. The van der Waals surface area contributed by atoms with Gasteiger partial charge in [0, 0.05) is 16.7 Å². The Kier molecular flexibility index (Phi) is 6.09. The third-order valence-electron chi connectivity index (χ3n) is 3.29. The highest BCUT2D eigenvalue weighted by molar-refractivity contribution is 7.99. The van der Waals surface area contributed by atoms with Gasteiger partial charge < -0.3 is 5.32 Å². The van der Waals surface area contributed by atoms with Crippen LogP contribution in [0.1, 0.15) is 24.1 Å². The normalized spacial score (nSPS) is 12.4. The monoisotopic (exact) mass is 323 g/mol. The van der Waals surface area contributed by atoms with Crippen LogP contribution in [-0.2, 0) is 0 Å². The number of rotatable bonds is 6. The molecule has 2 aromatic rings. The van der Waals surface area contributed by atoms with Gasteiger partial charge in [-0.05, 0) is 42.8 Å². The van der Waals surface area contributed by atoms with Gasteiger partial charge in [0.1, 0.15) is 5.82 Å². The minimum Gasteiger partial charge on any atom is -0.309 e. The smallest absolute Gasteiger partial charge is 0.126 e. The van der Waals surface area contributed by atoms with Crippen LogP contribution < -0.4 is 5.32 Å². The van der Waals surface area contributed by atoms with Crippen LogP contribution >= 0.6 is 23.4 Å². The number of thioether (sulfide) groups is 1.